The van der Waals surface area contributed by atoms with Crippen LogP contribution in [-0.2, 0) is 0 Å². The highest BCUT2D eigenvalue weighted by atomic mass is 35.5. The summed E-state index contributed by atoms with van der Waals surface area (Å²) in [5, 5.41) is 22.5. The summed E-state index contributed by atoms with van der Waals surface area (Å²) in [6.07, 6.45) is 0. The van der Waals surface area contributed by atoms with Gasteiger partial charge in [-0.3, -0.25) is 0 Å². The number of H-pyrrole nitrogens is 1. The Morgan fingerprint density at radius 2 is 0.544 bits per heavy atom. The highest BCUT2D eigenvalue weighted by Gasteiger charge is 2.50. The molecule has 0 fully saturated rings. The Morgan fingerprint density at radius 3 is 1.00 bits per heavy atom. The fraction of sp³-hybridized carbons (Fsp3) is 0. The Balaban J connectivity index is 0.000000114. The first-order valence-corrected chi connectivity index (χ1v) is 39.8. The van der Waals surface area contributed by atoms with E-state index >= 15 is 0 Å². The minimum atomic E-state index is -2.64. The molecule has 16 aromatic carbocycles. The molecule has 20 aromatic rings. The summed E-state index contributed by atoms with van der Waals surface area (Å²) in [5.74, 6) is 0. The predicted octanol–water partition coefficient (Wildman–Crippen LogP) is 19.4. The van der Waals surface area contributed by atoms with Gasteiger partial charge < -0.3 is 18.7 Å². The monoisotopic (exact) mass is 1360 g/mol. The minimum absolute atomic E-state index is 0.806. The number of benzene rings is 16. The molecule has 0 unspecified atom stereocenters. The molecule has 2 aliphatic heterocycles. The van der Waals surface area contributed by atoms with Crippen molar-refractivity contribution in [1.29, 1.82) is 0 Å². The Kier molecular flexibility index (Phi) is 14.3. The van der Waals surface area contributed by atoms with Crippen molar-refractivity contribution in [3.05, 3.63) is 393 Å². The van der Waals surface area contributed by atoms with Gasteiger partial charge in [-0.05, 0) is 161 Å². The highest BCUT2D eigenvalue weighted by molar-refractivity contribution is 7.23. The topological polar surface area (TPSA) is 30.6 Å². The molecular weight excluding hydrogens is 1300 g/mol. The lowest BCUT2D eigenvalue weighted by Gasteiger charge is -2.31. The molecule has 6 heterocycles. The van der Waals surface area contributed by atoms with Gasteiger partial charge in [-0.25, -0.2) is 0 Å². The van der Waals surface area contributed by atoms with Gasteiger partial charge in [0.1, 0.15) is 0 Å². The van der Waals surface area contributed by atoms with Crippen LogP contribution in [-0.4, -0.2) is 34.8 Å². The molecule has 0 spiro atoms. The summed E-state index contributed by atoms with van der Waals surface area (Å²) in [6.45, 7) is 0. The van der Waals surface area contributed by atoms with Crippen molar-refractivity contribution in [2.24, 2.45) is 0 Å². The first kappa shape index (κ1) is 60.4. The molecule has 0 bridgehead atoms. The second-order valence-corrected chi connectivity index (χ2v) is 35.0. The van der Waals surface area contributed by atoms with Gasteiger partial charge in [0.15, 0.2) is 16.1 Å². The van der Waals surface area contributed by atoms with E-state index in [1.54, 1.807) is 0 Å². The third-order valence-electron chi connectivity index (χ3n) is 21.9. The van der Waals surface area contributed by atoms with E-state index in [1.807, 2.05) is 6.07 Å². The molecule has 1 N–H and O–H groups in total. The number of rotatable bonds is 7. The van der Waals surface area contributed by atoms with Crippen molar-refractivity contribution in [1.82, 2.24) is 18.7 Å². The summed E-state index contributed by atoms with van der Waals surface area (Å²) in [7, 11) is -4.98. The molecule has 0 atom stereocenters. The molecule has 22 rings (SSSR count). The highest BCUT2D eigenvalue weighted by Crippen LogP contribution is 2.44. The second-order valence-electron chi connectivity index (χ2n) is 27.1. The predicted molar refractivity (Wildman–Crippen MR) is 442 cm³/mol. The van der Waals surface area contributed by atoms with Gasteiger partial charge in [0.05, 0.1) is 33.1 Å². The maximum Gasteiger partial charge on any atom is 0.180 e. The van der Waals surface area contributed by atoms with Gasteiger partial charge in [-0.2, -0.15) is 0 Å². The second kappa shape index (κ2) is 24.4. The molecular formula is C96H65ClN4Si2. The normalized spacial score (nSPS) is 13.1. The van der Waals surface area contributed by atoms with E-state index in [-0.39, 0.29) is 0 Å². The lowest BCUT2D eigenvalue weighted by Crippen LogP contribution is -2.72. The van der Waals surface area contributed by atoms with Crippen LogP contribution in [0.2, 0.25) is 5.02 Å². The number of nitrogens with one attached hydrogen (secondary N) is 1. The number of halogens is 1. The SMILES string of the molecule is Clc1ccc2c(c1)[Si](c1ccccc1)(c1ccccc1)c1ccccc1-2.c1ccc(-n2c3ccccc3c3c4c(ccc32)[nH]c2ccccc24)cc1.c1ccc(-n2c3ccccc3c3c4c5ccccc5n(-c5ccc6c(c5)[Si](c5ccccc5)(c5ccccc5)c5ccccc5-6)c4ccc32)cc1. The van der Waals surface area contributed by atoms with E-state index in [2.05, 4.69) is 401 Å². The Bertz CT molecular complexity index is 6600. The summed E-state index contributed by atoms with van der Waals surface area (Å²) >= 11 is 6.49. The van der Waals surface area contributed by atoms with Gasteiger partial charge in [0.25, 0.3) is 0 Å². The van der Waals surface area contributed by atoms with Gasteiger partial charge in [-0.1, -0.05) is 303 Å². The van der Waals surface area contributed by atoms with Crippen LogP contribution in [0.4, 0.5) is 0 Å². The molecule has 7 heteroatoms. The van der Waals surface area contributed by atoms with Crippen molar-refractivity contribution in [3.63, 3.8) is 0 Å². The zero-order valence-electron chi connectivity index (χ0n) is 56.2. The van der Waals surface area contributed by atoms with Crippen molar-refractivity contribution >= 4 is 156 Å². The molecule has 2 aliphatic rings. The fourth-order valence-electron chi connectivity index (χ4n) is 17.9. The third-order valence-corrected chi connectivity index (χ3v) is 31.9. The van der Waals surface area contributed by atoms with E-state index in [1.165, 1.54) is 168 Å². The minimum Gasteiger partial charge on any atom is -0.354 e. The average molecular weight is 1370 g/mol. The Morgan fingerprint density at radius 1 is 0.214 bits per heavy atom. The molecule has 0 saturated heterocycles. The molecule has 103 heavy (non-hydrogen) atoms. The van der Waals surface area contributed by atoms with Crippen LogP contribution in [0.1, 0.15) is 0 Å². The molecule has 484 valence electrons. The molecule has 0 radical (unpaired) electrons. The Hall–Kier alpha value is -12.6. The van der Waals surface area contributed by atoms with E-state index in [4.69, 9.17) is 11.6 Å². The molecule has 0 aliphatic carbocycles. The maximum absolute atomic E-state index is 6.49. The number of fused-ring (bicyclic) bond motifs is 20. The summed E-state index contributed by atoms with van der Waals surface area (Å²) in [4.78, 5) is 3.57. The van der Waals surface area contributed by atoms with Crippen molar-refractivity contribution < 1.29 is 0 Å². The maximum atomic E-state index is 6.49. The Labute approximate surface area is 603 Å². The number of aromatic amines is 1. The van der Waals surface area contributed by atoms with Crippen LogP contribution in [0.5, 0.6) is 0 Å². The van der Waals surface area contributed by atoms with Crippen LogP contribution in [0.15, 0.2) is 388 Å². The van der Waals surface area contributed by atoms with Gasteiger partial charge in [0.2, 0.25) is 0 Å². The zero-order valence-corrected chi connectivity index (χ0v) is 58.9. The van der Waals surface area contributed by atoms with E-state index in [0.29, 0.717) is 0 Å². The van der Waals surface area contributed by atoms with Gasteiger partial charge >= 0.3 is 0 Å². The number of para-hydroxylation sites is 6. The average Bonchev–Trinajstić information content (AvgIpc) is 1.55. The molecule has 0 saturated carbocycles. The number of hydrogen-bond donors (Lipinski definition) is 1. The van der Waals surface area contributed by atoms with Crippen LogP contribution >= 0.6 is 11.6 Å². The van der Waals surface area contributed by atoms with Crippen molar-refractivity contribution in [2.45, 2.75) is 0 Å². The smallest absolute Gasteiger partial charge is 0.180 e. The molecule has 4 nitrogen and oxygen atoms in total. The standard InChI is InChI=1S/C48H32N2Si.C24H17ClSi.C24H16N2/c1-4-16-33(17-5-1)49-41-25-13-10-23-39(41)47-43(49)30-31-44-48(47)40-24-11-14-26-42(40)50(44)34-28-29-38-37-22-12-15-27-45(37)51(46(38)32-34,35-18-6-2-7-19-35)36-20-8-3-9-21-36;25-18-15-16-22-21-13-7-8-14-23(21)26(24(22)17-18,19-9-3-1-4-10-19)20-11-5-2-6-12-20;1-2-8-16(9-3-1)26-21-13-7-5-11-18(21)24-22(26)15-14-20-23(24)17-10-4-6-12-19(17)25-20/h1-32H;1-17H;1-15,25H. The van der Waals surface area contributed by atoms with Crippen molar-refractivity contribution in [2.75, 3.05) is 0 Å². The van der Waals surface area contributed by atoms with Crippen LogP contribution in [0.25, 0.3) is 127 Å². The largest absolute Gasteiger partial charge is 0.354 e. The number of aromatic nitrogens is 4. The van der Waals surface area contributed by atoms with Crippen LogP contribution in [0.3, 0.4) is 0 Å². The first-order chi connectivity index (χ1) is 51.1. The van der Waals surface area contributed by atoms with Crippen molar-refractivity contribution in [3.8, 4) is 39.3 Å². The summed E-state index contributed by atoms with van der Waals surface area (Å²) in [5.41, 5.74) is 18.7. The van der Waals surface area contributed by atoms with Crippen LogP contribution < -0.4 is 41.5 Å². The zero-order chi connectivity index (χ0) is 68.2. The first-order valence-electron chi connectivity index (χ1n) is 35.4. The van der Waals surface area contributed by atoms with Crippen LogP contribution in [0, 0.1) is 0 Å². The third kappa shape index (κ3) is 9.15. The van der Waals surface area contributed by atoms with E-state index < -0.39 is 16.1 Å². The summed E-state index contributed by atoms with van der Waals surface area (Å²) < 4.78 is 7.30. The quantitative estimate of drug-likeness (QED) is 0.154. The van der Waals surface area contributed by atoms with Gasteiger partial charge in [0, 0.05) is 76.2 Å². The lowest BCUT2D eigenvalue weighted by atomic mass is 10.1. The van der Waals surface area contributed by atoms with E-state index in [9.17, 15) is 0 Å². The lowest BCUT2D eigenvalue weighted by molar-refractivity contribution is 1.17. The fourth-order valence-corrected chi connectivity index (χ4v) is 28.6. The van der Waals surface area contributed by atoms with E-state index in [0.717, 1.165) is 5.02 Å². The summed E-state index contributed by atoms with van der Waals surface area (Å²) in [6, 6.07) is 142. The number of hydrogen-bond acceptors (Lipinski definition) is 0. The number of nitrogens with zero attached hydrogens (tertiary/aromatic N) is 3. The molecule has 0 amide bonds. The molecule has 4 aromatic heterocycles. The van der Waals surface area contributed by atoms with Gasteiger partial charge in [-0.15, -0.1) is 0 Å².